The third kappa shape index (κ3) is 2.61. The van der Waals surface area contributed by atoms with Crippen LogP contribution < -0.4 is 5.32 Å². The first kappa shape index (κ1) is 16.9. The van der Waals surface area contributed by atoms with Gasteiger partial charge in [-0.1, -0.05) is 0 Å². The first-order valence-corrected chi connectivity index (χ1v) is 9.95. The quantitative estimate of drug-likeness (QED) is 0.555. The van der Waals surface area contributed by atoms with Crippen LogP contribution >= 0.6 is 0 Å². The van der Waals surface area contributed by atoms with Crippen LogP contribution in [0, 0.1) is 6.92 Å². The third-order valence-corrected chi connectivity index (χ3v) is 5.95. The van der Waals surface area contributed by atoms with E-state index in [-0.39, 0.29) is 12.1 Å². The van der Waals surface area contributed by atoms with E-state index in [2.05, 4.69) is 31.7 Å². The Morgan fingerprint density at radius 2 is 2.17 bits per heavy atom. The van der Waals surface area contributed by atoms with Gasteiger partial charge in [-0.05, 0) is 38.0 Å². The normalized spacial score (nSPS) is 23.9. The first-order chi connectivity index (χ1) is 14.2. The van der Waals surface area contributed by atoms with Gasteiger partial charge < -0.3 is 10.1 Å². The summed E-state index contributed by atoms with van der Waals surface area (Å²) in [5.74, 6) is 0.718. The van der Waals surface area contributed by atoms with E-state index < -0.39 is 0 Å². The smallest absolute Gasteiger partial charge is 0.181 e. The summed E-state index contributed by atoms with van der Waals surface area (Å²) < 4.78 is 9.94. The molecule has 4 aromatic heterocycles. The fourth-order valence-electron chi connectivity index (χ4n) is 4.51. The minimum atomic E-state index is 0.0568. The van der Waals surface area contributed by atoms with E-state index >= 15 is 0 Å². The molecule has 2 saturated heterocycles. The highest BCUT2D eigenvalue weighted by molar-refractivity contribution is 5.79. The van der Waals surface area contributed by atoms with Gasteiger partial charge in [-0.2, -0.15) is 15.3 Å². The van der Waals surface area contributed by atoms with Crippen molar-refractivity contribution in [1.82, 2.24) is 39.9 Å². The molecule has 2 fully saturated rings. The highest BCUT2D eigenvalue weighted by atomic mass is 16.5. The van der Waals surface area contributed by atoms with Gasteiger partial charge in [0.25, 0.3) is 0 Å². The van der Waals surface area contributed by atoms with Crippen molar-refractivity contribution in [3.05, 3.63) is 42.0 Å². The van der Waals surface area contributed by atoms with Gasteiger partial charge in [0.05, 0.1) is 41.4 Å². The average molecular weight is 390 g/mol. The van der Waals surface area contributed by atoms with E-state index in [1.54, 1.807) is 0 Å². The molecule has 0 spiro atoms. The van der Waals surface area contributed by atoms with Crippen molar-refractivity contribution in [1.29, 1.82) is 0 Å². The number of hydrogen-bond donors (Lipinski definition) is 2. The van der Waals surface area contributed by atoms with Crippen LogP contribution in [-0.4, -0.2) is 53.3 Å². The number of ether oxygens (including phenoxy) is 1. The molecule has 0 aromatic carbocycles. The van der Waals surface area contributed by atoms with E-state index in [0.717, 1.165) is 59.1 Å². The molecule has 2 bridgehead atoms. The zero-order chi connectivity index (χ0) is 19.5. The summed E-state index contributed by atoms with van der Waals surface area (Å²) in [6.07, 6.45) is 6.30. The topological polar surface area (TPSA) is 97.9 Å². The molecule has 2 N–H and O–H groups in total. The Balaban J connectivity index is 1.57. The second-order valence-corrected chi connectivity index (χ2v) is 7.90. The van der Waals surface area contributed by atoms with E-state index in [9.17, 15) is 0 Å². The van der Waals surface area contributed by atoms with Gasteiger partial charge in [-0.15, -0.1) is 0 Å². The fourth-order valence-corrected chi connectivity index (χ4v) is 4.51. The van der Waals surface area contributed by atoms with E-state index in [4.69, 9.17) is 9.84 Å². The Hall–Kier alpha value is -3.04. The van der Waals surface area contributed by atoms with Crippen molar-refractivity contribution in [2.75, 3.05) is 6.54 Å². The Labute approximate surface area is 167 Å². The molecule has 6 rings (SSSR count). The van der Waals surface area contributed by atoms with Gasteiger partial charge in [0, 0.05) is 31.0 Å². The number of nitrogens with zero attached hydrogens (tertiary/aromatic N) is 6. The highest BCUT2D eigenvalue weighted by Crippen LogP contribution is 2.36. The van der Waals surface area contributed by atoms with Gasteiger partial charge >= 0.3 is 0 Å². The van der Waals surface area contributed by atoms with Gasteiger partial charge in [0.15, 0.2) is 5.82 Å². The third-order valence-electron chi connectivity index (χ3n) is 5.95. The van der Waals surface area contributed by atoms with Crippen molar-refractivity contribution >= 4 is 5.52 Å². The largest absolute Gasteiger partial charge is 0.372 e. The van der Waals surface area contributed by atoms with E-state index in [1.807, 2.05) is 47.7 Å². The predicted octanol–water partition coefficient (Wildman–Crippen LogP) is 2.02. The lowest BCUT2D eigenvalue weighted by atomic mass is 10.0. The molecule has 9 nitrogen and oxygen atoms in total. The highest BCUT2D eigenvalue weighted by Gasteiger charge is 2.38. The summed E-state index contributed by atoms with van der Waals surface area (Å²) in [5, 5.41) is 20.4. The monoisotopic (exact) mass is 390 g/mol. The van der Waals surface area contributed by atoms with E-state index in [1.165, 1.54) is 0 Å². The molecule has 3 atom stereocenters. The molecule has 6 heterocycles. The van der Waals surface area contributed by atoms with Crippen LogP contribution in [0.1, 0.15) is 30.3 Å². The van der Waals surface area contributed by atoms with Crippen LogP contribution in [0.2, 0.25) is 0 Å². The van der Waals surface area contributed by atoms with Gasteiger partial charge in [-0.3, -0.25) is 9.78 Å². The van der Waals surface area contributed by atoms with E-state index in [0.29, 0.717) is 6.10 Å². The molecule has 29 heavy (non-hydrogen) atoms. The number of aryl methyl sites for hydroxylation is 2. The van der Waals surface area contributed by atoms with Crippen LogP contribution in [0.15, 0.2) is 30.6 Å². The number of aromatic nitrogens is 7. The summed E-state index contributed by atoms with van der Waals surface area (Å²) in [7, 11) is 1.95. The minimum absolute atomic E-state index is 0.0568. The molecule has 3 unspecified atom stereocenters. The molecule has 9 heteroatoms. The number of fused-ring (bicyclic) bond motifs is 3. The number of morpholine rings is 1. The number of rotatable bonds is 3. The number of imidazole rings is 1. The van der Waals surface area contributed by atoms with Gasteiger partial charge in [0.1, 0.15) is 5.69 Å². The molecule has 0 aliphatic carbocycles. The molecule has 148 valence electrons. The zero-order valence-corrected chi connectivity index (χ0v) is 16.3. The molecule has 4 aromatic rings. The lowest BCUT2D eigenvalue weighted by Crippen LogP contribution is -2.42. The molecule has 0 amide bonds. The lowest BCUT2D eigenvalue weighted by Gasteiger charge is -2.30. The zero-order valence-electron chi connectivity index (χ0n) is 16.3. The van der Waals surface area contributed by atoms with Crippen LogP contribution in [0.5, 0.6) is 0 Å². The SMILES string of the molecule is Cc1cc(-c2ncc3c(-c4ccnn4C)cc(C4NCC5CCC4O5)nn23)n[nH]1. The molecule has 0 saturated carbocycles. The summed E-state index contributed by atoms with van der Waals surface area (Å²) in [6, 6.07) is 6.20. The van der Waals surface area contributed by atoms with Crippen molar-refractivity contribution in [3.8, 4) is 22.8 Å². The van der Waals surface area contributed by atoms with Crippen molar-refractivity contribution in [2.45, 2.75) is 38.0 Å². The van der Waals surface area contributed by atoms with Crippen LogP contribution in [0.4, 0.5) is 0 Å². The molecule has 2 aliphatic rings. The second kappa shape index (κ2) is 6.23. The van der Waals surface area contributed by atoms with Gasteiger partial charge in [0.2, 0.25) is 0 Å². The fraction of sp³-hybridized carbons (Fsp3) is 0.400. The van der Waals surface area contributed by atoms with Gasteiger partial charge in [-0.25, -0.2) is 9.50 Å². The standard InChI is InChI=1S/C20H22N8O/c1-11-7-15(25-24-11)20-22-10-17-13(16-5-6-23-27(16)2)8-14(26-28(17)20)19-18-4-3-12(29-18)9-21-19/h5-8,10,12,18-19,21H,3-4,9H2,1-2H3,(H,24,25). The lowest BCUT2D eigenvalue weighted by molar-refractivity contribution is -0.0124. The van der Waals surface area contributed by atoms with Crippen LogP contribution in [0.3, 0.4) is 0 Å². The summed E-state index contributed by atoms with van der Waals surface area (Å²) in [4.78, 5) is 4.65. The van der Waals surface area contributed by atoms with Crippen LogP contribution in [-0.2, 0) is 11.8 Å². The molecular weight excluding hydrogens is 368 g/mol. The Kier molecular flexibility index (Phi) is 3.62. The summed E-state index contributed by atoms with van der Waals surface area (Å²) >= 11 is 0. The Morgan fingerprint density at radius 3 is 2.97 bits per heavy atom. The Morgan fingerprint density at radius 1 is 1.24 bits per heavy atom. The second-order valence-electron chi connectivity index (χ2n) is 7.90. The molecular formula is C20H22N8O. The van der Waals surface area contributed by atoms with Crippen molar-refractivity contribution < 1.29 is 4.74 Å². The molecule has 0 radical (unpaired) electrons. The number of nitrogens with one attached hydrogen (secondary N) is 2. The maximum Gasteiger partial charge on any atom is 0.181 e. The van der Waals surface area contributed by atoms with Crippen molar-refractivity contribution in [2.24, 2.45) is 7.05 Å². The molecule has 2 aliphatic heterocycles. The summed E-state index contributed by atoms with van der Waals surface area (Å²) in [5.41, 5.74) is 5.70. The van der Waals surface area contributed by atoms with Crippen LogP contribution in [0.25, 0.3) is 28.3 Å². The average Bonchev–Trinajstić information content (AvgIpc) is 3.49. The predicted molar refractivity (Wildman–Crippen MR) is 106 cm³/mol. The number of H-pyrrole nitrogens is 1. The minimum Gasteiger partial charge on any atom is -0.372 e. The summed E-state index contributed by atoms with van der Waals surface area (Å²) in [6.45, 7) is 2.84. The maximum atomic E-state index is 6.17. The maximum absolute atomic E-state index is 6.17. The van der Waals surface area contributed by atoms with Crippen molar-refractivity contribution in [3.63, 3.8) is 0 Å². The number of hydrogen-bond acceptors (Lipinski definition) is 6. The Bertz CT molecular complexity index is 1200. The number of aromatic amines is 1. The first-order valence-electron chi connectivity index (χ1n) is 9.95.